The molecule has 4 heteroatoms. The van der Waals surface area contributed by atoms with Crippen LogP contribution in [0.25, 0.3) is 0 Å². The van der Waals surface area contributed by atoms with Crippen LogP contribution in [0.1, 0.15) is 46.0 Å². The van der Waals surface area contributed by atoms with Gasteiger partial charge in [0.15, 0.2) is 0 Å². The van der Waals surface area contributed by atoms with Gasteiger partial charge in [-0.15, -0.1) is 0 Å². The van der Waals surface area contributed by atoms with Gasteiger partial charge in [0.05, 0.1) is 13.2 Å². The summed E-state index contributed by atoms with van der Waals surface area (Å²) in [6.07, 6.45) is 6.02. The van der Waals surface area contributed by atoms with E-state index in [2.05, 4.69) is 0 Å². The zero-order valence-corrected chi connectivity index (χ0v) is 10.7. The molecule has 1 aliphatic carbocycles. The molecule has 1 aliphatic rings. The number of carbonyl (C=O) groups excluding carboxylic acids is 2. The first-order valence-corrected chi connectivity index (χ1v) is 6.36. The summed E-state index contributed by atoms with van der Waals surface area (Å²) in [4.78, 5) is 21.7. The Morgan fingerprint density at radius 3 is 1.88 bits per heavy atom. The number of esters is 2. The van der Waals surface area contributed by atoms with Crippen LogP contribution in [0.4, 0.5) is 0 Å². The maximum absolute atomic E-state index is 10.8. The summed E-state index contributed by atoms with van der Waals surface area (Å²) in [6.45, 7) is 3.55. The molecule has 0 aromatic rings. The minimum Gasteiger partial charge on any atom is -0.465 e. The minimum absolute atomic E-state index is 0.156. The normalized spacial score (nSPS) is 16.9. The monoisotopic (exact) mass is 242 g/mol. The predicted molar refractivity (Wildman–Crippen MR) is 63.3 cm³/mol. The quantitative estimate of drug-likeness (QED) is 0.694. The van der Waals surface area contributed by atoms with Crippen molar-refractivity contribution in [2.24, 2.45) is 11.8 Å². The van der Waals surface area contributed by atoms with Crippen molar-refractivity contribution in [3.63, 3.8) is 0 Å². The third-order valence-electron chi connectivity index (χ3n) is 3.32. The van der Waals surface area contributed by atoms with E-state index in [0.717, 1.165) is 12.8 Å². The van der Waals surface area contributed by atoms with Crippen molar-refractivity contribution in [1.82, 2.24) is 0 Å². The molecule has 0 radical (unpaired) electrons. The first kappa shape index (κ1) is 14.0. The molecule has 0 saturated heterocycles. The number of rotatable bonds is 5. The molecule has 1 rings (SSSR count). The topological polar surface area (TPSA) is 52.6 Å². The Bertz CT molecular complexity index is 238. The van der Waals surface area contributed by atoms with Gasteiger partial charge in [-0.2, -0.15) is 0 Å². The van der Waals surface area contributed by atoms with Gasteiger partial charge in [0.1, 0.15) is 0 Å². The molecule has 17 heavy (non-hydrogen) atoms. The number of hydrogen-bond donors (Lipinski definition) is 0. The second-order valence-electron chi connectivity index (χ2n) is 4.76. The van der Waals surface area contributed by atoms with Crippen molar-refractivity contribution < 1.29 is 19.1 Å². The van der Waals surface area contributed by atoms with Crippen LogP contribution >= 0.6 is 0 Å². The van der Waals surface area contributed by atoms with Crippen LogP contribution < -0.4 is 0 Å². The van der Waals surface area contributed by atoms with Crippen LogP contribution in [-0.4, -0.2) is 25.2 Å². The Balaban J connectivity index is 2.43. The SMILES string of the molecule is CC(=O)OCC(COC(C)=O)C1CCCCC1. The van der Waals surface area contributed by atoms with E-state index in [1.807, 2.05) is 0 Å². The van der Waals surface area contributed by atoms with Crippen LogP contribution in [0.3, 0.4) is 0 Å². The third-order valence-corrected chi connectivity index (χ3v) is 3.32. The number of carbonyl (C=O) groups is 2. The van der Waals surface area contributed by atoms with Crippen LogP contribution in [0.15, 0.2) is 0 Å². The Morgan fingerprint density at radius 2 is 1.47 bits per heavy atom. The van der Waals surface area contributed by atoms with Crippen LogP contribution in [0.5, 0.6) is 0 Å². The van der Waals surface area contributed by atoms with Gasteiger partial charge in [0.25, 0.3) is 0 Å². The van der Waals surface area contributed by atoms with Gasteiger partial charge in [-0.3, -0.25) is 9.59 Å². The highest BCUT2D eigenvalue weighted by Gasteiger charge is 2.25. The summed E-state index contributed by atoms with van der Waals surface area (Å²) in [5.41, 5.74) is 0. The fourth-order valence-corrected chi connectivity index (χ4v) is 2.37. The fraction of sp³-hybridized carbons (Fsp3) is 0.846. The van der Waals surface area contributed by atoms with Gasteiger partial charge in [0.2, 0.25) is 0 Å². The lowest BCUT2D eigenvalue weighted by molar-refractivity contribution is -0.147. The van der Waals surface area contributed by atoms with E-state index in [-0.39, 0.29) is 17.9 Å². The van der Waals surface area contributed by atoms with E-state index >= 15 is 0 Å². The highest BCUT2D eigenvalue weighted by Crippen LogP contribution is 2.30. The first-order chi connectivity index (χ1) is 8.09. The Hall–Kier alpha value is -1.06. The second-order valence-corrected chi connectivity index (χ2v) is 4.76. The summed E-state index contributed by atoms with van der Waals surface area (Å²) >= 11 is 0. The molecule has 98 valence electrons. The van der Waals surface area contributed by atoms with Crippen LogP contribution in [-0.2, 0) is 19.1 Å². The van der Waals surface area contributed by atoms with Gasteiger partial charge in [0, 0.05) is 19.8 Å². The lowest BCUT2D eigenvalue weighted by Gasteiger charge is -2.29. The predicted octanol–water partition coefficient (Wildman–Crippen LogP) is 2.31. The Kier molecular flexibility index (Phi) is 6.01. The summed E-state index contributed by atoms with van der Waals surface area (Å²) < 4.78 is 10.1. The molecule has 0 spiro atoms. The smallest absolute Gasteiger partial charge is 0.302 e. The molecule has 1 fully saturated rings. The van der Waals surface area contributed by atoms with Crippen molar-refractivity contribution >= 4 is 11.9 Å². The lowest BCUT2D eigenvalue weighted by Crippen LogP contribution is -2.28. The fourth-order valence-electron chi connectivity index (χ4n) is 2.37. The molecule has 0 atom stereocenters. The standard InChI is InChI=1S/C13H22O4/c1-10(14)16-8-13(9-17-11(2)15)12-6-4-3-5-7-12/h12-13H,3-9H2,1-2H3. The molecule has 0 aliphatic heterocycles. The molecule has 0 aromatic carbocycles. The van der Waals surface area contributed by atoms with E-state index in [9.17, 15) is 9.59 Å². The van der Waals surface area contributed by atoms with E-state index in [0.29, 0.717) is 19.1 Å². The van der Waals surface area contributed by atoms with Gasteiger partial charge in [-0.1, -0.05) is 19.3 Å². The Morgan fingerprint density at radius 1 is 1.00 bits per heavy atom. The van der Waals surface area contributed by atoms with Crippen molar-refractivity contribution in [1.29, 1.82) is 0 Å². The highest BCUT2D eigenvalue weighted by atomic mass is 16.5. The number of hydrogen-bond acceptors (Lipinski definition) is 4. The average molecular weight is 242 g/mol. The zero-order chi connectivity index (χ0) is 12.7. The van der Waals surface area contributed by atoms with Crippen molar-refractivity contribution in [3.05, 3.63) is 0 Å². The first-order valence-electron chi connectivity index (χ1n) is 6.36. The summed E-state index contributed by atoms with van der Waals surface area (Å²) in [7, 11) is 0. The van der Waals surface area contributed by atoms with Gasteiger partial charge in [-0.25, -0.2) is 0 Å². The van der Waals surface area contributed by atoms with Crippen molar-refractivity contribution in [2.45, 2.75) is 46.0 Å². The van der Waals surface area contributed by atoms with Crippen molar-refractivity contribution in [3.8, 4) is 0 Å². The summed E-state index contributed by atoms with van der Waals surface area (Å²) in [6, 6.07) is 0. The second kappa shape index (κ2) is 7.30. The maximum Gasteiger partial charge on any atom is 0.302 e. The summed E-state index contributed by atoms with van der Waals surface area (Å²) in [5, 5.41) is 0. The molecule has 0 heterocycles. The van der Waals surface area contributed by atoms with Crippen LogP contribution in [0, 0.1) is 11.8 Å². The van der Waals surface area contributed by atoms with E-state index in [1.54, 1.807) is 0 Å². The minimum atomic E-state index is -0.270. The van der Waals surface area contributed by atoms with Gasteiger partial charge >= 0.3 is 11.9 Å². The summed E-state index contributed by atoms with van der Waals surface area (Å²) in [5.74, 6) is 0.132. The highest BCUT2D eigenvalue weighted by molar-refractivity contribution is 5.66. The lowest BCUT2D eigenvalue weighted by atomic mass is 9.80. The molecule has 0 N–H and O–H groups in total. The maximum atomic E-state index is 10.8. The average Bonchev–Trinajstić information content (AvgIpc) is 2.29. The van der Waals surface area contributed by atoms with Crippen molar-refractivity contribution in [2.75, 3.05) is 13.2 Å². The Labute approximate surface area is 103 Å². The third kappa shape index (κ3) is 5.71. The van der Waals surface area contributed by atoms with E-state index in [1.165, 1.54) is 33.1 Å². The van der Waals surface area contributed by atoms with Crippen LogP contribution in [0.2, 0.25) is 0 Å². The molecule has 4 nitrogen and oxygen atoms in total. The zero-order valence-electron chi connectivity index (χ0n) is 10.7. The molecule has 1 saturated carbocycles. The van der Waals surface area contributed by atoms with Gasteiger partial charge < -0.3 is 9.47 Å². The van der Waals surface area contributed by atoms with E-state index in [4.69, 9.17) is 9.47 Å². The molecular formula is C13H22O4. The largest absolute Gasteiger partial charge is 0.465 e. The van der Waals surface area contributed by atoms with E-state index < -0.39 is 0 Å². The molecule has 0 aromatic heterocycles. The molecular weight excluding hydrogens is 220 g/mol. The van der Waals surface area contributed by atoms with Gasteiger partial charge in [-0.05, 0) is 18.8 Å². The molecule has 0 amide bonds. The number of ether oxygens (including phenoxy) is 2. The molecule has 0 bridgehead atoms. The molecule has 0 unspecified atom stereocenters.